The molecule has 0 unspecified atom stereocenters. The molecule has 0 radical (unpaired) electrons. The fraction of sp³-hybridized carbons (Fsp3) is 0.235. The zero-order valence-electron chi connectivity index (χ0n) is 14.1. The number of carbonyl (C=O) groups excluding carboxylic acids is 1. The molecule has 0 aliphatic heterocycles. The topological polar surface area (TPSA) is 130 Å². The summed E-state index contributed by atoms with van der Waals surface area (Å²) in [5, 5.41) is 20.8. The van der Waals surface area contributed by atoms with Crippen molar-refractivity contribution in [2.75, 3.05) is 11.9 Å². The highest BCUT2D eigenvalue weighted by Gasteiger charge is 2.38. The minimum Gasteiger partial charge on any atom is -0.480 e. The Morgan fingerprint density at radius 2 is 1.59 bits per heavy atom. The SMILES string of the molecule is CC(=O)c1ccc2cc(NC[C@H](N)C(=O)O)ccc2c1.O=C(O)C(F)(F)F. The van der Waals surface area contributed by atoms with Gasteiger partial charge in [-0.05, 0) is 35.9 Å². The number of aliphatic carboxylic acids is 2. The van der Waals surface area contributed by atoms with E-state index in [1.807, 2.05) is 30.3 Å². The van der Waals surface area contributed by atoms with Crippen LogP contribution in [0, 0.1) is 0 Å². The highest BCUT2D eigenvalue weighted by molar-refractivity contribution is 5.99. The highest BCUT2D eigenvalue weighted by Crippen LogP contribution is 2.21. The number of Topliss-reactive ketones (excluding diaryl/α,β-unsaturated/α-hetero) is 1. The molecule has 0 aliphatic rings. The van der Waals surface area contributed by atoms with Crippen molar-refractivity contribution in [2.45, 2.75) is 19.1 Å². The van der Waals surface area contributed by atoms with Gasteiger partial charge >= 0.3 is 18.1 Å². The van der Waals surface area contributed by atoms with E-state index < -0.39 is 24.2 Å². The first-order chi connectivity index (χ1) is 12.4. The van der Waals surface area contributed by atoms with Crippen LogP contribution in [0.2, 0.25) is 0 Å². The van der Waals surface area contributed by atoms with E-state index in [4.69, 9.17) is 20.7 Å². The smallest absolute Gasteiger partial charge is 0.480 e. The van der Waals surface area contributed by atoms with E-state index in [2.05, 4.69) is 5.32 Å². The molecular formula is C17H17F3N2O5. The number of alkyl halides is 3. The average molecular weight is 386 g/mol. The molecule has 0 aromatic heterocycles. The van der Waals surface area contributed by atoms with Gasteiger partial charge in [0, 0.05) is 17.8 Å². The van der Waals surface area contributed by atoms with Gasteiger partial charge in [0.2, 0.25) is 0 Å². The van der Waals surface area contributed by atoms with Gasteiger partial charge in [0.25, 0.3) is 0 Å². The molecule has 0 aliphatic carbocycles. The number of hydrogen-bond donors (Lipinski definition) is 4. The Bertz CT molecular complexity index is 852. The van der Waals surface area contributed by atoms with Crippen molar-refractivity contribution < 1.29 is 37.8 Å². The quantitative estimate of drug-likeness (QED) is 0.581. The number of carbonyl (C=O) groups is 3. The number of carboxylic acids is 2. The first kappa shape index (κ1) is 21.9. The molecule has 0 heterocycles. The fourth-order valence-corrected chi connectivity index (χ4v) is 1.89. The number of anilines is 1. The minimum absolute atomic E-state index is 0.0292. The van der Waals surface area contributed by atoms with Crippen molar-refractivity contribution in [3.8, 4) is 0 Å². The summed E-state index contributed by atoms with van der Waals surface area (Å²) in [6, 6.07) is 10.2. The maximum atomic E-state index is 11.3. The van der Waals surface area contributed by atoms with E-state index in [9.17, 15) is 22.8 Å². The third-order valence-electron chi connectivity index (χ3n) is 3.33. The van der Waals surface area contributed by atoms with Crippen LogP contribution in [0.1, 0.15) is 17.3 Å². The van der Waals surface area contributed by atoms with Crippen molar-refractivity contribution >= 4 is 34.2 Å². The summed E-state index contributed by atoms with van der Waals surface area (Å²) in [4.78, 5) is 30.8. The van der Waals surface area contributed by atoms with Crippen LogP contribution in [0.3, 0.4) is 0 Å². The van der Waals surface area contributed by atoms with Crippen molar-refractivity contribution in [2.24, 2.45) is 5.73 Å². The molecule has 2 rings (SSSR count). The molecule has 2 aromatic rings. The molecule has 27 heavy (non-hydrogen) atoms. The fourth-order valence-electron chi connectivity index (χ4n) is 1.89. The summed E-state index contributed by atoms with van der Waals surface area (Å²) in [6.45, 7) is 1.69. The number of halogens is 3. The first-order valence-corrected chi connectivity index (χ1v) is 7.49. The molecule has 0 spiro atoms. The van der Waals surface area contributed by atoms with Crippen molar-refractivity contribution in [1.82, 2.24) is 0 Å². The van der Waals surface area contributed by atoms with Gasteiger partial charge in [-0.25, -0.2) is 4.79 Å². The second kappa shape index (κ2) is 8.99. The Kier molecular flexibility index (Phi) is 7.29. The molecule has 146 valence electrons. The third kappa shape index (κ3) is 6.94. The van der Waals surface area contributed by atoms with Gasteiger partial charge in [0.05, 0.1) is 0 Å². The average Bonchev–Trinajstić information content (AvgIpc) is 2.58. The van der Waals surface area contributed by atoms with E-state index in [0.717, 1.165) is 16.5 Å². The molecule has 10 heteroatoms. The minimum atomic E-state index is -5.08. The monoisotopic (exact) mass is 386 g/mol. The lowest BCUT2D eigenvalue weighted by Gasteiger charge is -2.10. The lowest BCUT2D eigenvalue weighted by atomic mass is 10.0. The zero-order valence-corrected chi connectivity index (χ0v) is 14.1. The predicted octanol–water partition coefficient (Wildman–Crippen LogP) is 2.50. The molecule has 0 amide bonds. The number of ketones is 1. The molecule has 0 saturated heterocycles. The second-order valence-electron chi connectivity index (χ2n) is 5.46. The zero-order chi connectivity index (χ0) is 20.8. The Morgan fingerprint density at radius 1 is 1.07 bits per heavy atom. The summed E-state index contributed by atoms with van der Waals surface area (Å²) < 4.78 is 31.7. The lowest BCUT2D eigenvalue weighted by molar-refractivity contribution is -0.192. The van der Waals surface area contributed by atoms with E-state index in [1.165, 1.54) is 6.92 Å². The maximum Gasteiger partial charge on any atom is 0.490 e. The Hall–Kier alpha value is -3.14. The van der Waals surface area contributed by atoms with Gasteiger partial charge < -0.3 is 21.3 Å². The largest absolute Gasteiger partial charge is 0.490 e. The number of fused-ring (bicyclic) bond motifs is 1. The number of hydrogen-bond acceptors (Lipinski definition) is 5. The van der Waals surface area contributed by atoms with Gasteiger partial charge in [-0.1, -0.05) is 18.2 Å². The van der Waals surface area contributed by atoms with E-state index in [-0.39, 0.29) is 12.3 Å². The number of rotatable bonds is 5. The summed E-state index contributed by atoms with van der Waals surface area (Å²) in [7, 11) is 0. The molecule has 0 bridgehead atoms. The van der Waals surface area contributed by atoms with Crippen LogP contribution in [0.5, 0.6) is 0 Å². The number of carboxylic acid groups (broad SMARTS) is 2. The number of nitrogens with one attached hydrogen (secondary N) is 1. The third-order valence-corrected chi connectivity index (χ3v) is 3.33. The number of benzene rings is 2. The Morgan fingerprint density at radius 3 is 2.07 bits per heavy atom. The molecular weight excluding hydrogens is 369 g/mol. The second-order valence-corrected chi connectivity index (χ2v) is 5.46. The van der Waals surface area contributed by atoms with Crippen LogP contribution in [0.15, 0.2) is 36.4 Å². The van der Waals surface area contributed by atoms with Crippen LogP contribution in [-0.2, 0) is 9.59 Å². The van der Waals surface area contributed by atoms with Crippen LogP contribution < -0.4 is 11.1 Å². The normalized spacial score (nSPS) is 11.9. The molecule has 1 atom stereocenters. The summed E-state index contributed by atoms with van der Waals surface area (Å²) in [6.07, 6.45) is -5.08. The highest BCUT2D eigenvalue weighted by atomic mass is 19.4. The van der Waals surface area contributed by atoms with Gasteiger partial charge in [-0.3, -0.25) is 9.59 Å². The van der Waals surface area contributed by atoms with Gasteiger partial charge in [-0.2, -0.15) is 13.2 Å². The van der Waals surface area contributed by atoms with Crippen LogP contribution in [0.25, 0.3) is 10.8 Å². The summed E-state index contributed by atoms with van der Waals surface area (Å²) in [5.74, 6) is -3.77. The van der Waals surface area contributed by atoms with E-state index in [0.29, 0.717) is 5.56 Å². The summed E-state index contributed by atoms with van der Waals surface area (Å²) in [5.41, 5.74) is 6.90. The molecule has 5 N–H and O–H groups in total. The Balaban J connectivity index is 0.000000445. The van der Waals surface area contributed by atoms with Gasteiger partial charge in [-0.15, -0.1) is 0 Å². The Labute approximate surface area is 151 Å². The standard InChI is InChI=1S/C15H16N2O3.C2HF3O2/c1-9(18)10-2-3-12-7-13(5-4-11(12)6-10)17-8-14(16)15(19)20;3-2(4,5)1(6)7/h2-7,14,17H,8,16H2,1H3,(H,19,20);(H,6,7)/t14-;/m0./s1. The molecule has 2 aromatic carbocycles. The maximum absolute atomic E-state index is 11.3. The van der Waals surface area contributed by atoms with Gasteiger partial charge in [0.15, 0.2) is 5.78 Å². The molecule has 7 nitrogen and oxygen atoms in total. The molecule has 0 fully saturated rings. The van der Waals surface area contributed by atoms with Crippen LogP contribution in [0.4, 0.5) is 18.9 Å². The summed E-state index contributed by atoms with van der Waals surface area (Å²) >= 11 is 0. The van der Waals surface area contributed by atoms with Gasteiger partial charge in [0.1, 0.15) is 6.04 Å². The molecule has 0 saturated carbocycles. The van der Waals surface area contributed by atoms with E-state index in [1.54, 1.807) is 6.07 Å². The van der Waals surface area contributed by atoms with Crippen LogP contribution >= 0.6 is 0 Å². The van der Waals surface area contributed by atoms with Crippen molar-refractivity contribution in [3.63, 3.8) is 0 Å². The first-order valence-electron chi connectivity index (χ1n) is 7.49. The van der Waals surface area contributed by atoms with Crippen LogP contribution in [-0.4, -0.2) is 46.7 Å². The van der Waals surface area contributed by atoms with E-state index >= 15 is 0 Å². The number of nitrogens with two attached hydrogens (primary N) is 1. The lowest BCUT2D eigenvalue weighted by Crippen LogP contribution is -2.36. The van der Waals surface area contributed by atoms with Crippen molar-refractivity contribution in [3.05, 3.63) is 42.0 Å². The predicted molar refractivity (Wildman–Crippen MR) is 91.7 cm³/mol. The van der Waals surface area contributed by atoms with Crippen molar-refractivity contribution in [1.29, 1.82) is 0 Å².